The van der Waals surface area contributed by atoms with Gasteiger partial charge in [0.1, 0.15) is 4.90 Å². The standard InChI is InChI=1S/C31H21N3O5S2/c35-31-26-11-5-10-25-27(40(36,37)33-23-14-12-19-6-1-3-8-21(19)16-23)18-28(30(32-31)29(25)26)41(38,39)34-24-15-13-20-7-2-4-9-22(20)17-24/h1-18,33-34H,(H,32,35). The van der Waals surface area contributed by atoms with Crippen LogP contribution in [-0.2, 0) is 20.0 Å². The van der Waals surface area contributed by atoms with E-state index in [4.69, 9.17) is 0 Å². The van der Waals surface area contributed by atoms with Gasteiger partial charge in [0.05, 0.1) is 10.6 Å². The van der Waals surface area contributed by atoms with Crippen LogP contribution in [0.3, 0.4) is 0 Å². The van der Waals surface area contributed by atoms with Crippen molar-refractivity contribution >= 4 is 75.3 Å². The maximum absolute atomic E-state index is 13.8. The summed E-state index contributed by atoms with van der Waals surface area (Å²) >= 11 is 0. The highest BCUT2D eigenvalue weighted by atomic mass is 32.2. The van der Waals surface area contributed by atoms with Crippen molar-refractivity contribution in [2.75, 3.05) is 14.8 Å². The molecule has 0 saturated carbocycles. The molecule has 1 amide bonds. The van der Waals surface area contributed by atoms with Crippen molar-refractivity contribution in [3.8, 4) is 0 Å². The fraction of sp³-hybridized carbons (Fsp3) is 0. The predicted octanol–water partition coefficient (Wildman–Crippen LogP) is 6.31. The molecule has 202 valence electrons. The topological polar surface area (TPSA) is 121 Å². The smallest absolute Gasteiger partial charge is 0.264 e. The molecule has 0 saturated heterocycles. The second-order valence-corrected chi connectivity index (χ2v) is 13.1. The lowest BCUT2D eigenvalue weighted by atomic mass is 10.1. The van der Waals surface area contributed by atoms with Crippen molar-refractivity contribution in [3.05, 3.63) is 115 Å². The normalized spacial score (nSPS) is 13.0. The first-order chi connectivity index (χ1) is 19.7. The summed E-state index contributed by atoms with van der Waals surface area (Å²) in [4.78, 5) is 12.2. The minimum Gasteiger partial charge on any atom is -0.320 e. The number of benzene rings is 6. The van der Waals surface area contributed by atoms with E-state index in [9.17, 15) is 21.6 Å². The van der Waals surface area contributed by atoms with Crippen LogP contribution in [0, 0.1) is 0 Å². The summed E-state index contributed by atoms with van der Waals surface area (Å²) in [6, 6.07) is 31.1. The molecule has 41 heavy (non-hydrogen) atoms. The quantitative estimate of drug-likeness (QED) is 0.213. The molecule has 6 aromatic carbocycles. The molecule has 0 bridgehead atoms. The molecule has 1 aliphatic rings. The number of hydrogen-bond donors (Lipinski definition) is 3. The minimum atomic E-state index is -4.35. The largest absolute Gasteiger partial charge is 0.320 e. The lowest BCUT2D eigenvalue weighted by molar-refractivity contribution is 0.103. The number of rotatable bonds is 6. The number of carbonyl (C=O) groups is 1. The average Bonchev–Trinajstić information content (AvgIpc) is 3.29. The number of hydrogen-bond acceptors (Lipinski definition) is 5. The molecular formula is C31H21N3O5S2. The molecule has 0 unspecified atom stereocenters. The zero-order valence-electron chi connectivity index (χ0n) is 21.3. The number of anilines is 3. The molecule has 1 heterocycles. The van der Waals surface area contributed by atoms with Crippen molar-refractivity contribution in [3.63, 3.8) is 0 Å². The fourth-order valence-corrected chi connectivity index (χ4v) is 7.87. The number of carbonyl (C=O) groups excluding carboxylic acids is 1. The summed E-state index contributed by atoms with van der Waals surface area (Å²) in [5.74, 6) is -0.509. The van der Waals surface area contributed by atoms with Gasteiger partial charge in [0.2, 0.25) is 0 Å². The predicted molar refractivity (Wildman–Crippen MR) is 161 cm³/mol. The average molecular weight is 580 g/mol. The van der Waals surface area contributed by atoms with Gasteiger partial charge in [-0.05, 0) is 57.9 Å². The molecule has 0 aliphatic carbocycles. The zero-order valence-corrected chi connectivity index (χ0v) is 22.9. The summed E-state index contributed by atoms with van der Waals surface area (Å²) < 4.78 is 60.4. The van der Waals surface area contributed by atoms with Gasteiger partial charge in [0.15, 0.2) is 0 Å². The second kappa shape index (κ2) is 9.05. The van der Waals surface area contributed by atoms with Crippen LogP contribution >= 0.6 is 0 Å². The molecule has 3 N–H and O–H groups in total. The van der Waals surface area contributed by atoms with Gasteiger partial charge in [0, 0.05) is 27.7 Å². The molecule has 6 aromatic rings. The van der Waals surface area contributed by atoms with Crippen LogP contribution in [-0.4, -0.2) is 22.7 Å². The van der Waals surface area contributed by atoms with Gasteiger partial charge in [0.25, 0.3) is 26.0 Å². The summed E-state index contributed by atoms with van der Waals surface area (Å²) in [5, 5.41) is 6.65. The van der Waals surface area contributed by atoms with Crippen LogP contribution in [0.1, 0.15) is 10.4 Å². The van der Waals surface area contributed by atoms with E-state index >= 15 is 0 Å². The Morgan fingerprint density at radius 2 is 1.07 bits per heavy atom. The molecule has 10 heteroatoms. The van der Waals surface area contributed by atoms with E-state index in [2.05, 4.69) is 14.8 Å². The first-order valence-electron chi connectivity index (χ1n) is 12.6. The monoisotopic (exact) mass is 579 g/mol. The third kappa shape index (κ3) is 4.24. The van der Waals surface area contributed by atoms with Crippen molar-refractivity contribution in [2.24, 2.45) is 0 Å². The fourth-order valence-electron chi connectivity index (χ4n) is 5.27. The van der Waals surface area contributed by atoms with Gasteiger partial charge in [-0.1, -0.05) is 72.8 Å². The Kier molecular flexibility index (Phi) is 5.53. The SMILES string of the molecule is O=C1Nc2c(S(=O)(=O)Nc3ccc4ccccc4c3)cc(S(=O)(=O)Nc3ccc4ccccc4c3)c3cccc1c23. The van der Waals surface area contributed by atoms with Gasteiger partial charge in [-0.25, -0.2) is 16.8 Å². The van der Waals surface area contributed by atoms with E-state index in [0.717, 1.165) is 27.6 Å². The summed E-state index contributed by atoms with van der Waals surface area (Å²) in [5.41, 5.74) is 0.855. The molecule has 8 nitrogen and oxygen atoms in total. The van der Waals surface area contributed by atoms with Crippen molar-refractivity contribution in [1.29, 1.82) is 0 Å². The summed E-state index contributed by atoms with van der Waals surface area (Å²) in [7, 11) is -8.65. The van der Waals surface area contributed by atoms with E-state index in [1.165, 1.54) is 6.07 Å². The highest BCUT2D eigenvalue weighted by molar-refractivity contribution is 7.93. The Hall–Kier alpha value is -4.93. The molecule has 7 rings (SSSR count). The Labute approximate surface area is 235 Å². The molecule has 0 fully saturated rings. The third-order valence-corrected chi connectivity index (χ3v) is 9.98. The Morgan fingerprint density at radius 3 is 1.66 bits per heavy atom. The lowest BCUT2D eigenvalue weighted by Gasteiger charge is -2.16. The first kappa shape index (κ1) is 25.1. The van der Waals surface area contributed by atoms with Gasteiger partial charge in [-0.3, -0.25) is 14.2 Å². The van der Waals surface area contributed by atoms with E-state index in [-0.39, 0.29) is 31.8 Å². The molecule has 1 aliphatic heterocycles. The van der Waals surface area contributed by atoms with Crippen molar-refractivity contribution < 1.29 is 21.6 Å². The maximum Gasteiger partial charge on any atom is 0.264 e. The number of fused-ring (bicyclic) bond motifs is 2. The number of amides is 1. The van der Waals surface area contributed by atoms with Crippen LogP contribution in [0.2, 0.25) is 0 Å². The van der Waals surface area contributed by atoms with E-state index < -0.39 is 26.0 Å². The zero-order chi connectivity index (χ0) is 28.4. The Balaban J connectivity index is 1.37. The third-order valence-electron chi connectivity index (χ3n) is 7.15. The van der Waals surface area contributed by atoms with E-state index in [0.29, 0.717) is 11.4 Å². The van der Waals surface area contributed by atoms with Crippen LogP contribution in [0.5, 0.6) is 0 Å². The molecule has 0 radical (unpaired) electrons. The Bertz CT molecular complexity index is 2300. The van der Waals surface area contributed by atoms with Crippen LogP contribution in [0.25, 0.3) is 32.3 Å². The highest BCUT2D eigenvalue weighted by Gasteiger charge is 2.33. The maximum atomic E-state index is 13.8. The number of nitrogens with one attached hydrogen (secondary N) is 3. The molecule has 0 spiro atoms. The van der Waals surface area contributed by atoms with Crippen molar-refractivity contribution in [2.45, 2.75) is 9.79 Å². The minimum absolute atomic E-state index is 0.0403. The van der Waals surface area contributed by atoms with Crippen molar-refractivity contribution in [1.82, 2.24) is 0 Å². The molecular weight excluding hydrogens is 558 g/mol. The summed E-state index contributed by atoms with van der Waals surface area (Å²) in [6.45, 7) is 0. The Morgan fingerprint density at radius 1 is 0.537 bits per heavy atom. The van der Waals surface area contributed by atoms with Gasteiger partial charge >= 0.3 is 0 Å². The lowest BCUT2D eigenvalue weighted by Crippen LogP contribution is -2.18. The number of sulfonamides is 2. The second-order valence-electron chi connectivity index (χ2n) is 9.76. The first-order valence-corrected chi connectivity index (χ1v) is 15.6. The van der Waals surface area contributed by atoms with Gasteiger partial charge < -0.3 is 5.32 Å². The molecule has 0 atom stereocenters. The van der Waals surface area contributed by atoms with Crippen LogP contribution in [0.15, 0.2) is 119 Å². The van der Waals surface area contributed by atoms with E-state index in [1.807, 2.05) is 48.5 Å². The van der Waals surface area contributed by atoms with E-state index in [1.54, 1.807) is 48.5 Å². The highest BCUT2D eigenvalue weighted by Crippen LogP contribution is 2.42. The molecule has 0 aromatic heterocycles. The van der Waals surface area contributed by atoms with Crippen LogP contribution in [0.4, 0.5) is 17.1 Å². The van der Waals surface area contributed by atoms with Gasteiger partial charge in [-0.2, -0.15) is 0 Å². The van der Waals surface area contributed by atoms with Crippen LogP contribution < -0.4 is 14.8 Å². The van der Waals surface area contributed by atoms with Gasteiger partial charge in [-0.15, -0.1) is 0 Å². The summed E-state index contributed by atoms with van der Waals surface area (Å²) in [6.07, 6.45) is 0.